The SMILES string of the molecule is O=C1CCCN1c1ccc(OS(=O)(=O)c2ccc(F)cc2F)cc1. The van der Waals surface area contributed by atoms with Crippen molar-refractivity contribution in [3.63, 3.8) is 0 Å². The van der Waals surface area contributed by atoms with E-state index in [1.807, 2.05) is 0 Å². The highest BCUT2D eigenvalue weighted by Gasteiger charge is 2.24. The highest BCUT2D eigenvalue weighted by Crippen LogP contribution is 2.26. The number of rotatable bonds is 4. The number of hydrogen-bond donors (Lipinski definition) is 0. The summed E-state index contributed by atoms with van der Waals surface area (Å²) in [6.45, 7) is 0.609. The van der Waals surface area contributed by atoms with Crippen molar-refractivity contribution in [1.82, 2.24) is 0 Å². The topological polar surface area (TPSA) is 63.7 Å². The van der Waals surface area contributed by atoms with E-state index in [9.17, 15) is 22.0 Å². The molecule has 1 heterocycles. The minimum Gasteiger partial charge on any atom is -0.379 e. The van der Waals surface area contributed by atoms with Crippen LogP contribution in [0.3, 0.4) is 0 Å². The largest absolute Gasteiger partial charge is 0.379 e. The third-order valence-electron chi connectivity index (χ3n) is 3.59. The lowest BCUT2D eigenvalue weighted by molar-refractivity contribution is -0.117. The van der Waals surface area contributed by atoms with Gasteiger partial charge in [-0.3, -0.25) is 4.79 Å². The third kappa shape index (κ3) is 3.23. The zero-order valence-electron chi connectivity index (χ0n) is 12.4. The summed E-state index contributed by atoms with van der Waals surface area (Å²) < 4.78 is 55.5. The molecule has 2 aromatic rings. The Bertz CT molecular complexity index is 881. The van der Waals surface area contributed by atoms with Crippen LogP contribution in [-0.4, -0.2) is 20.9 Å². The van der Waals surface area contributed by atoms with Gasteiger partial charge < -0.3 is 9.08 Å². The van der Waals surface area contributed by atoms with Gasteiger partial charge in [0.25, 0.3) is 0 Å². The van der Waals surface area contributed by atoms with Crippen LogP contribution in [0.1, 0.15) is 12.8 Å². The van der Waals surface area contributed by atoms with Crippen LogP contribution in [0.25, 0.3) is 0 Å². The number of benzene rings is 2. The van der Waals surface area contributed by atoms with E-state index in [0.29, 0.717) is 24.7 Å². The van der Waals surface area contributed by atoms with Gasteiger partial charge in [0.05, 0.1) is 0 Å². The Labute approximate surface area is 137 Å². The molecule has 126 valence electrons. The number of anilines is 1. The van der Waals surface area contributed by atoms with Crippen molar-refractivity contribution in [3.8, 4) is 5.75 Å². The van der Waals surface area contributed by atoms with E-state index < -0.39 is 26.6 Å². The van der Waals surface area contributed by atoms with Crippen LogP contribution in [0.2, 0.25) is 0 Å². The number of nitrogens with zero attached hydrogens (tertiary/aromatic N) is 1. The predicted molar refractivity (Wildman–Crippen MR) is 82.2 cm³/mol. The molecule has 1 amide bonds. The average molecular weight is 353 g/mol. The summed E-state index contributed by atoms with van der Waals surface area (Å²) in [5.74, 6) is -2.14. The highest BCUT2D eigenvalue weighted by molar-refractivity contribution is 7.87. The quantitative estimate of drug-likeness (QED) is 0.793. The Balaban J connectivity index is 1.81. The van der Waals surface area contributed by atoms with E-state index in [1.54, 1.807) is 17.0 Å². The molecule has 0 saturated carbocycles. The second kappa shape index (κ2) is 6.20. The number of carbonyl (C=O) groups excluding carboxylic acids is 1. The van der Waals surface area contributed by atoms with Gasteiger partial charge >= 0.3 is 10.1 Å². The molecule has 0 unspecified atom stereocenters. The maximum absolute atomic E-state index is 13.6. The van der Waals surface area contributed by atoms with E-state index in [2.05, 4.69) is 0 Å². The van der Waals surface area contributed by atoms with Gasteiger partial charge in [-0.15, -0.1) is 0 Å². The highest BCUT2D eigenvalue weighted by atomic mass is 32.2. The van der Waals surface area contributed by atoms with Gasteiger partial charge in [-0.2, -0.15) is 8.42 Å². The molecule has 8 heteroatoms. The monoisotopic (exact) mass is 353 g/mol. The van der Waals surface area contributed by atoms with E-state index in [1.165, 1.54) is 12.1 Å². The Morgan fingerprint density at radius 1 is 1.04 bits per heavy atom. The Hall–Kier alpha value is -2.48. The molecule has 1 aliphatic heterocycles. The van der Waals surface area contributed by atoms with Crippen molar-refractivity contribution in [1.29, 1.82) is 0 Å². The molecule has 0 spiro atoms. The minimum atomic E-state index is -4.43. The summed E-state index contributed by atoms with van der Waals surface area (Å²) in [7, 11) is -4.43. The van der Waals surface area contributed by atoms with Crippen molar-refractivity contribution in [3.05, 3.63) is 54.1 Å². The van der Waals surface area contributed by atoms with Gasteiger partial charge in [-0.25, -0.2) is 8.78 Å². The zero-order valence-corrected chi connectivity index (χ0v) is 13.2. The molecule has 1 saturated heterocycles. The molecule has 0 atom stereocenters. The Kier molecular flexibility index (Phi) is 4.23. The smallest absolute Gasteiger partial charge is 0.342 e. The van der Waals surface area contributed by atoms with Gasteiger partial charge in [-0.05, 0) is 42.8 Å². The lowest BCUT2D eigenvalue weighted by atomic mass is 10.3. The van der Waals surface area contributed by atoms with Crippen LogP contribution in [0.5, 0.6) is 5.75 Å². The second-order valence-electron chi connectivity index (χ2n) is 5.26. The molecule has 0 aromatic heterocycles. The number of carbonyl (C=O) groups is 1. The molecule has 2 aromatic carbocycles. The first-order valence-electron chi connectivity index (χ1n) is 7.17. The molecule has 0 aliphatic carbocycles. The molecular formula is C16H13F2NO4S. The number of amides is 1. The van der Waals surface area contributed by atoms with Gasteiger partial charge in [0, 0.05) is 24.7 Å². The average Bonchev–Trinajstić information content (AvgIpc) is 2.93. The molecule has 1 aliphatic rings. The molecule has 24 heavy (non-hydrogen) atoms. The van der Waals surface area contributed by atoms with Crippen LogP contribution in [0.15, 0.2) is 47.4 Å². The molecule has 3 rings (SSSR count). The first-order valence-corrected chi connectivity index (χ1v) is 8.57. The first kappa shape index (κ1) is 16.4. The van der Waals surface area contributed by atoms with E-state index in [4.69, 9.17) is 4.18 Å². The van der Waals surface area contributed by atoms with Crippen molar-refractivity contribution in [2.45, 2.75) is 17.7 Å². The van der Waals surface area contributed by atoms with Crippen molar-refractivity contribution >= 4 is 21.7 Å². The summed E-state index contributed by atoms with van der Waals surface area (Å²) in [6.07, 6.45) is 1.26. The molecule has 0 bridgehead atoms. The zero-order chi connectivity index (χ0) is 17.3. The van der Waals surface area contributed by atoms with E-state index in [-0.39, 0.29) is 11.7 Å². The van der Waals surface area contributed by atoms with Crippen molar-refractivity contribution in [2.75, 3.05) is 11.4 Å². The number of hydrogen-bond acceptors (Lipinski definition) is 4. The summed E-state index contributed by atoms with van der Waals surface area (Å²) in [6, 6.07) is 7.96. The maximum Gasteiger partial charge on any atom is 0.342 e. The van der Waals surface area contributed by atoms with Crippen LogP contribution in [0.4, 0.5) is 14.5 Å². The lowest BCUT2D eigenvalue weighted by Crippen LogP contribution is -2.23. The normalized spacial score (nSPS) is 14.9. The molecule has 0 N–H and O–H groups in total. The van der Waals surface area contributed by atoms with Gasteiger partial charge in [0.1, 0.15) is 22.3 Å². The van der Waals surface area contributed by atoms with Crippen LogP contribution >= 0.6 is 0 Å². The second-order valence-corrected chi connectivity index (χ2v) is 6.77. The van der Waals surface area contributed by atoms with Gasteiger partial charge in [-0.1, -0.05) is 0 Å². The Morgan fingerprint density at radius 2 is 1.75 bits per heavy atom. The van der Waals surface area contributed by atoms with Crippen molar-refractivity contribution in [2.24, 2.45) is 0 Å². The molecule has 5 nitrogen and oxygen atoms in total. The Morgan fingerprint density at radius 3 is 2.33 bits per heavy atom. The standard InChI is InChI=1S/C16H13F2NO4S/c17-11-3-8-15(14(18)10-11)24(21,22)23-13-6-4-12(5-7-13)19-9-1-2-16(19)20/h3-8,10H,1-2,9H2. The summed E-state index contributed by atoms with van der Waals surface area (Å²) in [5.41, 5.74) is 0.634. The maximum atomic E-state index is 13.6. The fourth-order valence-corrected chi connectivity index (χ4v) is 3.44. The van der Waals surface area contributed by atoms with Gasteiger partial charge in [0.2, 0.25) is 5.91 Å². The van der Waals surface area contributed by atoms with Gasteiger partial charge in [0.15, 0.2) is 0 Å². The van der Waals surface area contributed by atoms with Crippen LogP contribution in [0, 0.1) is 11.6 Å². The van der Waals surface area contributed by atoms with Crippen LogP contribution in [-0.2, 0) is 14.9 Å². The predicted octanol–water partition coefficient (Wildman–Crippen LogP) is 2.86. The summed E-state index contributed by atoms with van der Waals surface area (Å²) >= 11 is 0. The van der Waals surface area contributed by atoms with Crippen LogP contribution < -0.4 is 9.08 Å². The summed E-state index contributed by atoms with van der Waals surface area (Å²) in [4.78, 5) is 12.5. The first-order chi connectivity index (χ1) is 11.4. The lowest BCUT2D eigenvalue weighted by Gasteiger charge is -2.16. The molecule has 1 fully saturated rings. The summed E-state index contributed by atoms with van der Waals surface area (Å²) in [5, 5.41) is 0. The van der Waals surface area contributed by atoms with E-state index in [0.717, 1.165) is 18.6 Å². The number of halogens is 2. The fraction of sp³-hybridized carbons (Fsp3) is 0.188. The van der Waals surface area contributed by atoms with Crippen molar-refractivity contribution < 1.29 is 26.2 Å². The minimum absolute atomic E-state index is 0.00433. The third-order valence-corrected chi connectivity index (χ3v) is 4.87. The molecule has 0 radical (unpaired) electrons. The fourth-order valence-electron chi connectivity index (χ4n) is 2.45. The molecular weight excluding hydrogens is 340 g/mol. The van der Waals surface area contributed by atoms with E-state index >= 15 is 0 Å².